The Morgan fingerprint density at radius 3 is 3.13 bits per heavy atom. The molecule has 0 radical (unpaired) electrons. The summed E-state index contributed by atoms with van der Waals surface area (Å²) in [7, 11) is 0. The van der Waals surface area contributed by atoms with Crippen LogP contribution >= 0.6 is 23.1 Å². The molecule has 0 atom stereocenters. The normalized spacial score (nSPS) is 10.7. The first-order valence-electron chi connectivity index (χ1n) is 4.37. The number of hydrogen-bond donors (Lipinski definition) is 1. The maximum atomic E-state index is 10.4. The number of aliphatic carboxylic acids is 1. The second-order valence-electron chi connectivity index (χ2n) is 3.13. The highest BCUT2D eigenvalue weighted by Gasteiger charge is 2.06. The van der Waals surface area contributed by atoms with Gasteiger partial charge in [-0.15, -0.1) is 11.3 Å². The SMILES string of the molecule is Cc1ccc2sc(SCC(=O)O)nc2c1. The summed E-state index contributed by atoms with van der Waals surface area (Å²) in [6.07, 6.45) is 0. The van der Waals surface area contributed by atoms with E-state index in [9.17, 15) is 4.79 Å². The van der Waals surface area contributed by atoms with Gasteiger partial charge in [0, 0.05) is 0 Å². The van der Waals surface area contributed by atoms with Crippen LogP contribution in [0.2, 0.25) is 0 Å². The molecule has 2 rings (SSSR count). The van der Waals surface area contributed by atoms with Crippen LogP contribution in [0.25, 0.3) is 10.2 Å². The van der Waals surface area contributed by atoms with E-state index in [1.165, 1.54) is 28.7 Å². The van der Waals surface area contributed by atoms with Gasteiger partial charge < -0.3 is 5.11 Å². The summed E-state index contributed by atoms with van der Waals surface area (Å²) in [5.74, 6) is -0.742. The lowest BCUT2D eigenvalue weighted by molar-refractivity contribution is -0.133. The predicted molar refractivity (Wildman–Crippen MR) is 62.7 cm³/mol. The Hall–Kier alpha value is -1.07. The predicted octanol–water partition coefficient (Wildman–Crippen LogP) is 2.78. The number of thiazole rings is 1. The number of benzene rings is 1. The van der Waals surface area contributed by atoms with Crippen molar-refractivity contribution in [2.75, 3.05) is 5.75 Å². The van der Waals surface area contributed by atoms with Crippen LogP contribution in [0.15, 0.2) is 22.5 Å². The van der Waals surface area contributed by atoms with E-state index in [1.807, 2.05) is 25.1 Å². The van der Waals surface area contributed by atoms with E-state index in [-0.39, 0.29) is 5.75 Å². The summed E-state index contributed by atoms with van der Waals surface area (Å²) < 4.78 is 1.92. The molecule has 0 aliphatic carbocycles. The van der Waals surface area contributed by atoms with E-state index in [0.717, 1.165) is 14.6 Å². The van der Waals surface area contributed by atoms with Gasteiger partial charge in [0.05, 0.1) is 16.0 Å². The van der Waals surface area contributed by atoms with Crippen molar-refractivity contribution in [3.63, 3.8) is 0 Å². The van der Waals surface area contributed by atoms with Crippen molar-refractivity contribution in [1.82, 2.24) is 4.98 Å². The first kappa shape index (κ1) is 10.4. The summed E-state index contributed by atoms with van der Waals surface area (Å²) in [4.78, 5) is 14.8. The molecule has 15 heavy (non-hydrogen) atoms. The second kappa shape index (κ2) is 4.20. The number of carboxylic acid groups (broad SMARTS) is 1. The van der Waals surface area contributed by atoms with E-state index in [4.69, 9.17) is 5.11 Å². The number of rotatable bonds is 3. The number of aryl methyl sites for hydroxylation is 1. The van der Waals surface area contributed by atoms with Crippen LogP contribution in [0, 0.1) is 6.92 Å². The van der Waals surface area contributed by atoms with Crippen LogP contribution in [-0.2, 0) is 4.79 Å². The number of aromatic nitrogens is 1. The van der Waals surface area contributed by atoms with Crippen molar-refractivity contribution >= 4 is 39.3 Å². The Bertz CT molecular complexity index is 507. The monoisotopic (exact) mass is 239 g/mol. The van der Waals surface area contributed by atoms with E-state index in [1.54, 1.807) is 0 Å². The quantitative estimate of drug-likeness (QED) is 0.837. The average Bonchev–Trinajstić information content (AvgIpc) is 2.56. The molecule has 0 saturated heterocycles. The number of hydrogen-bond acceptors (Lipinski definition) is 4. The first-order chi connectivity index (χ1) is 7.15. The van der Waals surface area contributed by atoms with Gasteiger partial charge in [-0.1, -0.05) is 17.8 Å². The zero-order valence-corrected chi connectivity index (χ0v) is 9.69. The number of nitrogens with zero attached hydrogens (tertiary/aromatic N) is 1. The minimum absolute atomic E-state index is 0.0683. The fourth-order valence-corrected chi connectivity index (χ4v) is 2.97. The number of carboxylic acids is 1. The third-order valence-electron chi connectivity index (χ3n) is 1.84. The van der Waals surface area contributed by atoms with E-state index < -0.39 is 5.97 Å². The lowest BCUT2D eigenvalue weighted by Crippen LogP contribution is -1.96. The molecule has 2 aromatic rings. The molecule has 0 aliphatic heterocycles. The Morgan fingerprint density at radius 2 is 2.40 bits per heavy atom. The van der Waals surface area contributed by atoms with E-state index in [2.05, 4.69) is 4.98 Å². The molecule has 0 aliphatic rings. The lowest BCUT2D eigenvalue weighted by atomic mass is 10.2. The largest absolute Gasteiger partial charge is 0.481 e. The smallest absolute Gasteiger partial charge is 0.313 e. The summed E-state index contributed by atoms with van der Waals surface area (Å²) in [5.41, 5.74) is 2.12. The Kier molecular flexibility index (Phi) is 2.93. The van der Waals surface area contributed by atoms with Gasteiger partial charge in [-0.25, -0.2) is 4.98 Å². The van der Waals surface area contributed by atoms with Crippen molar-refractivity contribution < 1.29 is 9.90 Å². The average molecular weight is 239 g/mol. The molecule has 0 amide bonds. The van der Waals surface area contributed by atoms with Crippen LogP contribution in [0.5, 0.6) is 0 Å². The van der Waals surface area contributed by atoms with E-state index >= 15 is 0 Å². The third kappa shape index (κ3) is 2.49. The van der Waals surface area contributed by atoms with Crippen molar-refractivity contribution in [1.29, 1.82) is 0 Å². The van der Waals surface area contributed by atoms with Crippen molar-refractivity contribution in [3.8, 4) is 0 Å². The highest BCUT2D eigenvalue weighted by Crippen LogP contribution is 2.29. The summed E-state index contributed by atoms with van der Waals surface area (Å²) in [6, 6.07) is 6.07. The maximum absolute atomic E-state index is 10.4. The molecular weight excluding hydrogens is 230 g/mol. The zero-order chi connectivity index (χ0) is 10.8. The maximum Gasteiger partial charge on any atom is 0.313 e. The standard InChI is InChI=1S/C10H9NO2S2/c1-6-2-3-8-7(4-6)11-10(15-8)14-5-9(12)13/h2-4H,5H2,1H3,(H,12,13). The first-order valence-corrected chi connectivity index (χ1v) is 6.17. The van der Waals surface area contributed by atoms with Gasteiger partial charge in [-0.3, -0.25) is 4.79 Å². The molecule has 0 spiro atoms. The molecule has 0 saturated carbocycles. The summed E-state index contributed by atoms with van der Waals surface area (Å²) in [5, 5.41) is 8.55. The fraction of sp³-hybridized carbons (Fsp3) is 0.200. The van der Waals surface area contributed by atoms with Gasteiger partial charge in [-0.05, 0) is 24.6 Å². The molecule has 0 fully saturated rings. The Morgan fingerprint density at radius 1 is 1.60 bits per heavy atom. The number of thioether (sulfide) groups is 1. The molecule has 1 heterocycles. The molecule has 0 unspecified atom stereocenters. The van der Waals surface area contributed by atoms with E-state index in [0.29, 0.717) is 0 Å². The van der Waals surface area contributed by atoms with Gasteiger partial charge >= 0.3 is 5.97 Å². The Labute approximate surface area is 95.1 Å². The van der Waals surface area contributed by atoms with Crippen molar-refractivity contribution in [2.45, 2.75) is 11.3 Å². The fourth-order valence-electron chi connectivity index (χ4n) is 1.20. The molecule has 1 aromatic heterocycles. The highest BCUT2D eigenvalue weighted by molar-refractivity contribution is 8.01. The molecular formula is C10H9NO2S2. The molecule has 3 nitrogen and oxygen atoms in total. The zero-order valence-electron chi connectivity index (χ0n) is 8.06. The van der Waals surface area contributed by atoms with Crippen LogP contribution in [0.3, 0.4) is 0 Å². The van der Waals surface area contributed by atoms with Gasteiger partial charge in [0.2, 0.25) is 0 Å². The molecule has 0 bridgehead atoms. The minimum atomic E-state index is -0.810. The lowest BCUT2D eigenvalue weighted by Gasteiger charge is -1.89. The van der Waals surface area contributed by atoms with Gasteiger partial charge in [0.15, 0.2) is 4.34 Å². The van der Waals surface area contributed by atoms with Crippen LogP contribution in [0.4, 0.5) is 0 Å². The second-order valence-corrected chi connectivity index (χ2v) is 5.39. The van der Waals surface area contributed by atoms with Crippen molar-refractivity contribution in [2.24, 2.45) is 0 Å². The topological polar surface area (TPSA) is 50.2 Å². The molecule has 1 aromatic carbocycles. The Balaban J connectivity index is 2.27. The molecule has 78 valence electrons. The third-order valence-corrected chi connectivity index (χ3v) is 4.01. The van der Waals surface area contributed by atoms with Crippen LogP contribution < -0.4 is 0 Å². The van der Waals surface area contributed by atoms with Crippen LogP contribution in [0.1, 0.15) is 5.56 Å². The van der Waals surface area contributed by atoms with Gasteiger partial charge in [0.25, 0.3) is 0 Å². The van der Waals surface area contributed by atoms with Gasteiger partial charge in [0.1, 0.15) is 0 Å². The van der Waals surface area contributed by atoms with Gasteiger partial charge in [-0.2, -0.15) is 0 Å². The number of fused-ring (bicyclic) bond motifs is 1. The van der Waals surface area contributed by atoms with Crippen LogP contribution in [-0.4, -0.2) is 21.8 Å². The molecule has 5 heteroatoms. The highest BCUT2D eigenvalue weighted by atomic mass is 32.2. The van der Waals surface area contributed by atoms with Crippen molar-refractivity contribution in [3.05, 3.63) is 23.8 Å². The molecule has 1 N–H and O–H groups in total. The minimum Gasteiger partial charge on any atom is -0.481 e. The summed E-state index contributed by atoms with van der Waals surface area (Å²) >= 11 is 2.80. The summed E-state index contributed by atoms with van der Waals surface area (Å²) in [6.45, 7) is 2.02. The number of carbonyl (C=O) groups is 1.